The van der Waals surface area contributed by atoms with Crippen molar-refractivity contribution in [2.45, 2.75) is 63.7 Å². The second-order valence-electron chi connectivity index (χ2n) is 9.02. The Morgan fingerprint density at radius 2 is 2.00 bits per heavy atom. The number of allylic oxidation sites excluding steroid dienone is 3. The number of aromatic hydroxyl groups is 1. The lowest BCUT2D eigenvalue weighted by molar-refractivity contribution is 0.333. The molecular formula is C28H32FNO2. The van der Waals surface area contributed by atoms with E-state index >= 15 is 0 Å². The molecule has 3 nitrogen and oxygen atoms in total. The van der Waals surface area contributed by atoms with Gasteiger partial charge in [0.2, 0.25) is 0 Å². The van der Waals surface area contributed by atoms with Crippen LogP contribution in [0.2, 0.25) is 0 Å². The van der Waals surface area contributed by atoms with E-state index in [1.807, 2.05) is 25.1 Å². The summed E-state index contributed by atoms with van der Waals surface area (Å²) in [4.78, 5) is 4.83. The Morgan fingerprint density at radius 3 is 2.72 bits per heavy atom. The van der Waals surface area contributed by atoms with Crippen LogP contribution in [0.25, 0.3) is 0 Å². The van der Waals surface area contributed by atoms with Gasteiger partial charge in [0, 0.05) is 17.5 Å². The molecule has 0 unspecified atom stereocenters. The van der Waals surface area contributed by atoms with E-state index in [9.17, 15) is 9.50 Å². The van der Waals surface area contributed by atoms with Gasteiger partial charge in [0.25, 0.3) is 0 Å². The number of pyridine rings is 1. The molecule has 0 aliphatic heterocycles. The predicted octanol–water partition coefficient (Wildman–Crippen LogP) is 6.87. The lowest BCUT2D eigenvalue weighted by Crippen LogP contribution is -2.28. The number of ether oxygens (including phenoxy) is 1. The van der Waals surface area contributed by atoms with Crippen LogP contribution in [0.1, 0.15) is 67.5 Å². The van der Waals surface area contributed by atoms with Crippen molar-refractivity contribution in [2.24, 2.45) is 0 Å². The molecule has 0 radical (unpaired) electrons. The highest BCUT2D eigenvalue weighted by molar-refractivity contribution is 5.42. The molecule has 1 N–H and O–H groups in total. The van der Waals surface area contributed by atoms with Crippen molar-refractivity contribution in [1.82, 2.24) is 4.98 Å². The highest BCUT2D eigenvalue weighted by Crippen LogP contribution is 2.43. The van der Waals surface area contributed by atoms with Crippen LogP contribution < -0.4 is 4.74 Å². The van der Waals surface area contributed by atoms with Gasteiger partial charge in [0.15, 0.2) is 11.6 Å². The van der Waals surface area contributed by atoms with Crippen LogP contribution in [-0.4, -0.2) is 16.7 Å². The second kappa shape index (κ2) is 9.72. The smallest absolute Gasteiger partial charge is 0.165 e. The summed E-state index contributed by atoms with van der Waals surface area (Å²) in [5, 5.41) is 10.6. The minimum Gasteiger partial charge on any atom is -0.506 e. The first-order valence-corrected chi connectivity index (χ1v) is 11.6. The minimum absolute atomic E-state index is 0.216. The van der Waals surface area contributed by atoms with Crippen LogP contribution in [0.4, 0.5) is 4.39 Å². The van der Waals surface area contributed by atoms with Gasteiger partial charge in [-0.3, -0.25) is 4.98 Å². The van der Waals surface area contributed by atoms with Crippen LogP contribution in [0.5, 0.6) is 11.5 Å². The Labute approximate surface area is 190 Å². The average molecular weight is 434 g/mol. The summed E-state index contributed by atoms with van der Waals surface area (Å²) in [6, 6.07) is 6.85. The molecule has 0 saturated heterocycles. The Balaban J connectivity index is 1.54. The van der Waals surface area contributed by atoms with Gasteiger partial charge in [0.1, 0.15) is 12.4 Å². The standard InChI is InChI=1S/C28H32FNO2/c1-3-28(14-8-5-9-15-28)27-25(31)13-12-23(30-27)17-22-18-24(29)26(16-20(22)2)32-19-21-10-6-4-7-11-21/h3,6,10-13,16,18,31H,1,4-5,7-9,14-15,17,19H2,2H3. The van der Waals surface area contributed by atoms with E-state index in [1.54, 1.807) is 18.2 Å². The van der Waals surface area contributed by atoms with E-state index in [2.05, 4.69) is 18.7 Å². The van der Waals surface area contributed by atoms with Crippen molar-refractivity contribution in [2.75, 3.05) is 6.61 Å². The summed E-state index contributed by atoms with van der Waals surface area (Å²) in [6.45, 7) is 6.39. The number of hydrogen-bond donors (Lipinski definition) is 1. The number of rotatable bonds is 7. The van der Waals surface area contributed by atoms with Crippen LogP contribution in [-0.2, 0) is 11.8 Å². The molecule has 2 aliphatic carbocycles. The van der Waals surface area contributed by atoms with Gasteiger partial charge < -0.3 is 9.84 Å². The summed E-state index contributed by atoms with van der Waals surface area (Å²) in [7, 11) is 0. The summed E-state index contributed by atoms with van der Waals surface area (Å²) in [5.74, 6) is 0.131. The van der Waals surface area contributed by atoms with Gasteiger partial charge in [-0.1, -0.05) is 43.6 Å². The maximum atomic E-state index is 14.8. The van der Waals surface area contributed by atoms with Gasteiger partial charge in [-0.25, -0.2) is 4.39 Å². The lowest BCUT2D eigenvalue weighted by Gasteiger charge is -2.34. The normalized spacial score (nSPS) is 17.6. The van der Waals surface area contributed by atoms with Crippen molar-refractivity contribution in [1.29, 1.82) is 0 Å². The van der Waals surface area contributed by atoms with Gasteiger partial charge in [-0.05, 0) is 73.6 Å². The Hall–Kier alpha value is -2.88. The van der Waals surface area contributed by atoms with Gasteiger partial charge in [-0.2, -0.15) is 0 Å². The van der Waals surface area contributed by atoms with Crippen molar-refractivity contribution < 1.29 is 14.2 Å². The first-order chi connectivity index (χ1) is 15.5. The summed E-state index contributed by atoms with van der Waals surface area (Å²) < 4.78 is 20.6. The van der Waals surface area contributed by atoms with Crippen LogP contribution in [0.3, 0.4) is 0 Å². The molecule has 0 atom stereocenters. The van der Waals surface area contributed by atoms with Gasteiger partial charge in [0.05, 0.1) is 5.69 Å². The first kappa shape index (κ1) is 22.3. The number of benzene rings is 1. The fraction of sp³-hybridized carbons (Fsp3) is 0.393. The van der Waals surface area contributed by atoms with Gasteiger partial charge >= 0.3 is 0 Å². The van der Waals surface area contributed by atoms with E-state index in [1.165, 1.54) is 6.42 Å². The molecule has 2 aliphatic rings. The third kappa shape index (κ3) is 4.79. The van der Waals surface area contributed by atoms with Crippen LogP contribution in [0, 0.1) is 12.7 Å². The molecule has 2 aromatic rings. The number of aryl methyl sites for hydroxylation is 1. The molecular weight excluding hydrogens is 401 g/mol. The van der Waals surface area contributed by atoms with E-state index in [-0.39, 0.29) is 22.7 Å². The minimum atomic E-state index is -0.361. The Bertz CT molecular complexity index is 1050. The molecule has 1 saturated carbocycles. The number of aromatic nitrogens is 1. The number of hydrogen-bond acceptors (Lipinski definition) is 3. The molecule has 168 valence electrons. The quantitative estimate of drug-likeness (QED) is 0.485. The molecule has 1 fully saturated rings. The fourth-order valence-electron chi connectivity index (χ4n) is 4.81. The second-order valence-corrected chi connectivity index (χ2v) is 9.02. The Morgan fingerprint density at radius 1 is 1.19 bits per heavy atom. The maximum absolute atomic E-state index is 14.8. The summed E-state index contributed by atoms with van der Waals surface area (Å²) >= 11 is 0. The van der Waals surface area contributed by atoms with Crippen LogP contribution in [0.15, 0.2) is 60.7 Å². The van der Waals surface area contributed by atoms with Crippen molar-refractivity contribution in [3.05, 3.63) is 89.1 Å². The molecule has 4 rings (SSSR count). The van der Waals surface area contributed by atoms with Crippen molar-refractivity contribution >= 4 is 0 Å². The van der Waals surface area contributed by atoms with E-state index in [0.717, 1.165) is 60.9 Å². The zero-order valence-corrected chi connectivity index (χ0v) is 18.9. The molecule has 0 bridgehead atoms. The lowest BCUT2D eigenvalue weighted by atomic mass is 9.71. The van der Waals surface area contributed by atoms with Crippen molar-refractivity contribution in [3.8, 4) is 11.5 Å². The molecule has 0 amide bonds. The zero-order valence-electron chi connectivity index (χ0n) is 18.9. The monoisotopic (exact) mass is 433 g/mol. The SMILES string of the molecule is C=CC1(c2nc(Cc3cc(F)c(OCC4=CCCC=C4)cc3C)ccc2O)CCCCC1. The fourth-order valence-corrected chi connectivity index (χ4v) is 4.81. The van der Waals surface area contributed by atoms with E-state index in [4.69, 9.17) is 9.72 Å². The largest absolute Gasteiger partial charge is 0.506 e. The molecule has 32 heavy (non-hydrogen) atoms. The number of halogens is 1. The first-order valence-electron chi connectivity index (χ1n) is 11.6. The number of nitrogens with zero attached hydrogens (tertiary/aromatic N) is 1. The molecule has 1 aromatic carbocycles. The highest BCUT2D eigenvalue weighted by Gasteiger charge is 2.34. The Kier molecular flexibility index (Phi) is 6.78. The van der Waals surface area contributed by atoms with Gasteiger partial charge in [-0.15, -0.1) is 6.58 Å². The zero-order chi connectivity index (χ0) is 22.6. The summed E-state index contributed by atoms with van der Waals surface area (Å²) in [5.41, 5.74) is 4.15. The third-order valence-corrected chi connectivity index (χ3v) is 6.77. The molecule has 0 spiro atoms. The van der Waals surface area contributed by atoms with Crippen LogP contribution >= 0.6 is 0 Å². The van der Waals surface area contributed by atoms with E-state index in [0.29, 0.717) is 18.7 Å². The third-order valence-electron chi connectivity index (χ3n) is 6.77. The van der Waals surface area contributed by atoms with E-state index < -0.39 is 0 Å². The molecule has 1 aromatic heterocycles. The topological polar surface area (TPSA) is 42.4 Å². The predicted molar refractivity (Wildman–Crippen MR) is 127 cm³/mol. The molecule has 1 heterocycles. The highest BCUT2D eigenvalue weighted by atomic mass is 19.1. The summed E-state index contributed by atoms with van der Waals surface area (Å²) in [6.07, 6.45) is 16.1. The average Bonchev–Trinajstić information content (AvgIpc) is 2.82. The molecule has 4 heteroatoms. The maximum Gasteiger partial charge on any atom is 0.165 e. The van der Waals surface area contributed by atoms with Crippen molar-refractivity contribution in [3.63, 3.8) is 0 Å².